The molecule has 2 aliphatic heterocycles. The molecule has 204 valence electrons. The number of carbonyl (C=O) groups is 1. The van der Waals surface area contributed by atoms with Crippen molar-refractivity contribution in [3.05, 3.63) is 94.5 Å². The zero-order valence-corrected chi connectivity index (χ0v) is 23.8. The van der Waals surface area contributed by atoms with Gasteiger partial charge in [-0.25, -0.2) is 4.79 Å². The summed E-state index contributed by atoms with van der Waals surface area (Å²) < 4.78 is 12.8. The molecule has 0 aliphatic carbocycles. The molecule has 0 spiro atoms. The van der Waals surface area contributed by atoms with Gasteiger partial charge in [-0.05, 0) is 39.5 Å². The number of carbonyl (C=O) groups excluding carboxylic acids is 1. The topological polar surface area (TPSA) is 60.5 Å². The second-order valence-corrected chi connectivity index (χ2v) is 10.9. The summed E-state index contributed by atoms with van der Waals surface area (Å²) in [6.07, 6.45) is -0.824. The average molecular weight is 521 g/mol. The van der Waals surface area contributed by atoms with Crippen LogP contribution in [0.2, 0.25) is 0 Å². The minimum absolute atomic E-state index is 0.254. The number of hydrogen-bond donors (Lipinski definition) is 0. The predicted molar refractivity (Wildman–Crippen MR) is 146 cm³/mol. The van der Waals surface area contributed by atoms with E-state index in [0.29, 0.717) is 24.6 Å². The molecule has 2 aromatic carbocycles. The monoisotopic (exact) mass is 520 g/mol. The summed E-state index contributed by atoms with van der Waals surface area (Å²) in [6.45, 7) is 17.1. The van der Waals surface area contributed by atoms with Crippen LogP contribution in [-0.4, -0.2) is 29.4 Å². The molecule has 2 atom stereocenters. The molecule has 0 radical (unpaired) electrons. The molecule has 4 rings (SSSR count). The second-order valence-electron chi connectivity index (χ2n) is 10.9. The number of rotatable bonds is 8. The molecule has 0 amide bonds. The van der Waals surface area contributed by atoms with Gasteiger partial charge in [0.25, 0.3) is 11.4 Å². The van der Waals surface area contributed by atoms with Gasteiger partial charge in [0.15, 0.2) is 0 Å². The second kappa shape index (κ2) is 10.8. The number of nitrogens with zero attached hydrogens (tertiary/aromatic N) is 2. The van der Waals surface area contributed by atoms with E-state index in [9.17, 15) is 4.79 Å². The van der Waals surface area contributed by atoms with Crippen LogP contribution in [0.25, 0.3) is 0 Å². The summed E-state index contributed by atoms with van der Waals surface area (Å²) in [5.41, 5.74) is 0.594. The maximum absolute atomic E-state index is 14.0. The molecule has 38 heavy (non-hydrogen) atoms. The van der Waals surface area contributed by atoms with Gasteiger partial charge in [0, 0.05) is 35.4 Å². The number of ether oxygens (including phenoxy) is 2. The first-order valence-electron chi connectivity index (χ1n) is 13.3. The van der Waals surface area contributed by atoms with E-state index < -0.39 is 17.6 Å². The summed E-state index contributed by atoms with van der Waals surface area (Å²) in [7, 11) is 0. The van der Waals surface area contributed by atoms with Gasteiger partial charge in [-0.1, -0.05) is 98.5 Å². The van der Waals surface area contributed by atoms with E-state index in [4.69, 9.17) is 19.1 Å². The number of hydrogen-bond acceptors (Lipinski definition) is 7. The van der Waals surface area contributed by atoms with Crippen molar-refractivity contribution in [1.29, 1.82) is 0 Å². The lowest BCUT2D eigenvalue weighted by Gasteiger charge is -2.40. The van der Waals surface area contributed by atoms with Crippen molar-refractivity contribution in [2.75, 3.05) is 13.1 Å². The van der Waals surface area contributed by atoms with Crippen molar-refractivity contribution in [2.45, 2.75) is 66.8 Å². The van der Waals surface area contributed by atoms with E-state index >= 15 is 0 Å². The highest BCUT2D eigenvalue weighted by atomic mass is 16.8. The van der Waals surface area contributed by atoms with Crippen molar-refractivity contribution < 1.29 is 23.9 Å². The smallest absolute Gasteiger partial charge is 0.406 e. The standard InChI is InChI=1S/C31H40N2O5/c1-21(2)19-32-30(23(5)25(7)37-32,27-15-11-9-12-16-27)35-29(34)36-31(28-17-13-10-14-18-28)24(6)26(8)38-33(31)20-22(3)4/h9-18,21-22H,19-20H2,1-8H3. The molecule has 0 N–H and O–H groups in total. The Morgan fingerprint density at radius 1 is 0.684 bits per heavy atom. The highest BCUT2D eigenvalue weighted by Crippen LogP contribution is 2.48. The highest BCUT2D eigenvalue weighted by Gasteiger charge is 2.56. The maximum atomic E-state index is 14.0. The van der Waals surface area contributed by atoms with Crippen LogP contribution in [-0.2, 0) is 30.6 Å². The minimum Gasteiger partial charge on any atom is -0.406 e. The Morgan fingerprint density at radius 3 is 1.34 bits per heavy atom. The largest absolute Gasteiger partial charge is 0.513 e. The molecule has 2 aliphatic rings. The third-order valence-electron chi connectivity index (χ3n) is 7.12. The third-order valence-corrected chi connectivity index (χ3v) is 7.12. The van der Waals surface area contributed by atoms with E-state index in [2.05, 4.69) is 27.7 Å². The van der Waals surface area contributed by atoms with E-state index in [0.717, 1.165) is 22.3 Å². The van der Waals surface area contributed by atoms with Gasteiger partial charge in [-0.15, -0.1) is 0 Å². The highest BCUT2D eigenvalue weighted by molar-refractivity contribution is 5.64. The molecular formula is C31H40N2O5. The predicted octanol–water partition coefficient (Wildman–Crippen LogP) is 7.24. The molecule has 7 nitrogen and oxygen atoms in total. The van der Waals surface area contributed by atoms with Gasteiger partial charge in [-0.3, -0.25) is 0 Å². The van der Waals surface area contributed by atoms with Crippen molar-refractivity contribution >= 4 is 6.16 Å². The summed E-state index contributed by atoms with van der Waals surface area (Å²) in [5, 5.41) is 3.50. The number of hydroxylamine groups is 4. The minimum atomic E-state index is -1.28. The lowest BCUT2D eigenvalue weighted by atomic mass is 9.93. The van der Waals surface area contributed by atoms with Crippen LogP contribution in [0.3, 0.4) is 0 Å². The fourth-order valence-corrected chi connectivity index (χ4v) is 5.13. The van der Waals surface area contributed by atoms with Crippen molar-refractivity contribution in [1.82, 2.24) is 10.1 Å². The molecule has 2 unspecified atom stereocenters. The Bertz CT molecular complexity index is 1110. The van der Waals surface area contributed by atoms with Crippen LogP contribution in [0.4, 0.5) is 4.79 Å². The zero-order valence-electron chi connectivity index (χ0n) is 23.8. The van der Waals surface area contributed by atoms with Crippen LogP contribution < -0.4 is 0 Å². The third kappa shape index (κ3) is 4.81. The Kier molecular flexibility index (Phi) is 7.90. The fourth-order valence-electron chi connectivity index (χ4n) is 5.13. The van der Waals surface area contributed by atoms with Gasteiger partial charge in [0.1, 0.15) is 11.5 Å². The van der Waals surface area contributed by atoms with Crippen LogP contribution >= 0.6 is 0 Å². The molecule has 0 bridgehead atoms. The van der Waals surface area contributed by atoms with Crippen molar-refractivity contribution in [2.24, 2.45) is 11.8 Å². The molecule has 0 fully saturated rings. The zero-order chi connectivity index (χ0) is 27.7. The Labute approximate surface area is 226 Å². The Balaban J connectivity index is 1.80. The van der Waals surface area contributed by atoms with Crippen molar-refractivity contribution in [3.8, 4) is 0 Å². The Hall–Kier alpha value is -3.29. The van der Waals surface area contributed by atoms with E-state index in [1.54, 1.807) is 10.1 Å². The molecule has 7 heteroatoms. The number of benzene rings is 2. The molecule has 0 saturated heterocycles. The summed E-state index contributed by atoms with van der Waals surface area (Å²) >= 11 is 0. The molecule has 2 heterocycles. The fraction of sp³-hybridized carbons (Fsp3) is 0.452. The van der Waals surface area contributed by atoms with E-state index in [1.807, 2.05) is 88.4 Å². The van der Waals surface area contributed by atoms with E-state index in [1.165, 1.54) is 0 Å². The molecule has 0 aromatic heterocycles. The summed E-state index contributed by atoms with van der Waals surface area (Å²) in [5.74, 6) is 1.89. The van der Waals surface area contributed by atoms with Gasteiger partial charge < -0.3 is 19.1 Å². The first-order chi connectivity index (χ1) is 18.0. The van der Waals surface area contributed by atoms with Gasteiger partial charge >= 0.3 is 6.16 Å². The van der Waals surface area contributed by atoms with E-state index in [-0.39, 0.29) is 11.8 Å². The molecule has 2 aromatic rings. The first-order valence-corrected chi connectivity index (χ1v) is 13.3. The Morgan fingerprint density at radius 2 is 1.03 bits per heavy atom. The summed E-state index contributed by atoms with van der Waals surface area (Å²) in [4.78, 5) is 26.4. The van der Waals surface area contributed by atoms with Crippen LogP contribution in [0.5, 0.6) is 0 Å². The van der Waals surface area contributed by atoms with Crippen LogP contribution in [0, 0.1) is 11.8 Å². The maximum Gasteiger partial charge on any atom is 0.513 e. The van der Waals surface area contributed by atoms with Crippen LogP contribution in [0.15, 0.2) is 83.3 Å². The number of allylic oxidation sites excluding steroid dienone is 2. The van der Waals surface area contributed by atoms with Gasteiger partial charge in [0.2, 0.25) is 0 Å². The van der Waals surface area contributed by atoms with Crippen LogP contribution in [0.1, 0.15) is 66.5 Å². The van der Waals surface area contributed by atoms with Gasteiger partial charge in [-0.2, -0.15) is 0 Å². The normalized spacial score (nSPS) is 24.3. The SMILES string of the molecule is CC1=C(C)C(OC(=O)OC2(c3ccccc3)C(C)=C(C)ON2CC(C)C)(c2ccccc2)N(CC(C)C)O1. The quantitative estimate of drug-likeness (QED) is 0.340. The summed E-state index contributed by atoms with van der Waals surface area (Å²) in [6, 6.07) is 19.4. The van der Waals surface area contributed by atoms with Crippen molar-refractivity contribution in [3.63, 3.8) is 0 Å². The average Bonchev–Trinajstić information content (AvgIpc) is 3.24. The lowest BCUT2D eigenvalue weighted by molar-refractivity contribution is -0.272. The van der Waals surface area contributed by atoms with Gasteiger partial charge in [0.05, 0.1) is 0 Å². The first kappa shape index (κ1) is 27.7. The molecular weight excluding hydrogens is 480 g/mol. The molecule has 0 saturated carbocycles. The lowest BCUT2D eigenvalue weighted by Crippen LogP contribution is -2.51.